The van der Waals surface area contributed by atoms with Crippen LogP contribution in [0.2, 0.25) is 10.0 Å². The molecular weight excluding hydrogens is 545 g/mol. The highest BCUT2D eigenvalue weighted by atomic mass is 35.5. The molecule has 0 unspecified atom stereocenters. The predicted molar refractivity (Wildman–Crippen MR) is 150 cm³/mol. The number of hydrogen-bond acceptors (Lipinski definition) is 4. The van der Waals surface area contributed by atoms with Crippen LogP contribution < -0.4 is 0 Å². The average Bonchev–Trinajstić information content (AvgIpc) is 2.79. The van der Waals surface area contributed by atoms with Crippen LogP contribution in [-0.2, 0) is 19.4 Å². The van der Waals surface area contributed by atoms with Crippen molar-refractivity contribution < 1.29 is 23.1 Å². The summed E-state index contributed by atoms with van der Waals surface area (Å²) in [5, 5.41) is 10.3. The van der Waals surface area contributed by atoms with Gasteiger partial charge in [-0.2, -0.15) is 0 Å². The molecule has 206 valence electrons. The number of nitrogens with zero attached hydrogens (tertiary/aromatic N) is 1. The maximum atomic E-state index is 14.4. The van der Waals surface area contributed by atoms with Crippen LogP contribution in [0.1, 0.15) is 76.0 Å². The van der Waals surface area contributed by atoms with E-state index in [0.717, 1.165) is 30.4 Å². The van der Waals surface area contributed by atoms with Gasteiger partial charge < -0.3 is 10.0 Å². The SMILES string of the molecule is CC(C)S(=O)(=O)C[C@H](C1CCC1)N1C(=O)[C@@](C)(CC(=O)O)C[C@H](c2cccc(Cl)c2)[C@H]1c1ccc(Cl)cc1. The second kappa shape index (κ2) is 11.2. The number of carboxylic acid groups (broad SMARTS) is 1. The molecule has 4 atom stereocenters. The smallest absolute Gasteiger partial charge is 0.304 e. The molecule has 1 saturated heterocycles. The van der Waals surface area contributed by atoms with Gasteiger partial charge >= 0.3 is 5.97 Å². The van der Waals surface area contributed by atoms with Gasteiger partial charge in [-0.05, 0) is 74.4 Å². The highest BCUT2D eigenvalue weighted by molar-refractivity contribution is 7.92. The van der Waals surface area contributed by atoms with E-state index in [4.69, 9.17) is 23.2 Å². The van der Waals surface area contributed by atoms with E-state index in [1.165, 1.54) is 0 Å². The Hall–Kier alpha value is -2.09. The van der Waals surface area contributed by atoms with Gasteiger partial charge in [0.05, 0.1) is 28.9 Å². The molecule has 1 aliphatic heterocycles. The number of likely N-dealkylation sites (tertiary alicyclic amines) is 1. The fraction of sp³-hybridized carbons (Fsp3) is 0.517. The van der Waals surface area contributed by atoms with Crippen LogP contribution in [0.3, 0.4) is 0 Å². The zero-order valence-electron chi connectivity index (χ0n) is 21.9. The van der Waals surface area contributed by atoms with Crippen molar-refractivity contribution in [3.05, 3.63) is 69.7 Å². The lowest BCUT2D eigenvalue weighted by Crippen LogP contribution is -2.60. The molecule has 4 rings (SSSR count). The van der Waals surface area contributed by atoms with E-state index in [-0.39, 0.29) is 36.3 Å². The molecule has 0 bridgehead atoms. The monoisotopic (exact) mass is 579 g/mol. The molecular formula is C29H35Cl2NO5S. The fourth-order valence-corrected chi connectivity index (χ4v) is 7.56. The number of carbonyl (C=O) groups excluding carboxylic acids is 1. The number of rotatable bonds is 9. The van der Waals surface area contributed by atoms with Crippen molar-refractivity contribution in [3.63, 3.8) is 0 Å². The lowest BCUT2D eigenvalue weighted by molar-refractivity contribution is -0.162. The number of aliphatic carboxylic acids is 1. The summed E-state index contributed by atoms with van der Waals surface area (Å²) in [7, 11) is -3.51. The zero-order valence-corrected chi connectivity index (χ0v) is 24.3. The summed E-state index contributed by atoms with van der Waals surface area (Å²) in [4.78, 5) is 28.2. The molecule has 2 aromatic carbocycles. The first-order valence-corrected chi connectivity index (χ1v) is 15.6. The molecule has 2 aliphatic rings. The van der Waals surface area contributed by atoms with E-state index in [9.17, 15) is 23.1 Å². The summed E-state index contributed by atoms with van der Waals surface area (Å²) in [5.74, 6) is -1.81. The summed E-state index contributed by atoms with van der Waals surface area (Å²) in [6.07, 6.45) is 2.57. The molecule has 9 heteroatoms. The molecule has 6 nitrogen and oxygen atoms in total. The first-order valence-electron chi connectivity index (χ1n) is 13.1. The minimum Gasteiger partial charge on any atom is -0.481 e. The van der Waals surface area contributed by atoms with E-state index >= 15 is 0 Å². The van der Waals surface area contributed by atoms with Crippen molar-refractivity contribution in [2.24, 2.45) is 11.3 Å². The number of hydrogen-bond donors (Lipinski definition) is 1. The lowest BCUT2D eigenvalue weighted by atomic mass is 9.66. The largest absolute Gasteiger partial charge is 0.481 e. The quantitative estimate of drug-likeness (QED) is 0.365. The Balaban J connectivity index is 1.95. The highest BCUT2D eigenvalue weighted by Gasteiger charge is 2.54. The van der Waals surface area contributed by atoms with E-state index in [0.29, 0.717) is 10.0 Å². The number of carboxylic acids is 1. The van der Waals surface area contributed by atoms with E-state index in [2.05, 4.69) is 0 Å². The Kier molecular flexibility index (Phi) is 8.51. The maximum Gasteiger partial charge on any atom is 0.304 e. The third-order valence-corrected chi connectivity index (χ3v) is 11.0. The topological polar surface area (TPSA) is 91.8 Å². The summed E-state index contributed by atoms with van der Waals surface area (Å²) in [6, 6.07) is 13.6. The van der Waals surface area contributed by atoms with Crippen LogP contribution in [-0.4, -0.2) is 47.3 Å². The standard InChI is InChI=1S/C29H35Cl2NO5S/c1-18(2)38(36,37)17-25(19-6-4-7-19)32-27(20-10-12-22(30)13-11-20)24(21-8-5-9-23(31)14-21)15-29(3,28(32)35)16-26(33)34/h5,8-14,18-19,24-25,27H,4,6-7,15-17H2,1-3H3,(H,33,34)/t24-,25-,27-,29-/m1/s1. The summed E-state index contributed by atoms with van der Waals surface area (Å²) < 4.78 is 26.6. The van der Waals surface area contributed by atoms with Gasteiger partial charge in [-0.1, -0.05) is 60.8 Å². The minimum atomic E-state index is -3.51. The second-order valence-corrected chi connectivity index (χ2v) is 14.8. The average molecular weight is 581 g/mol. The van der Waals surface area contributed by atoms with Crippen molar-refractivity contribution in [1.29, 1.82) is 0 Å². The van der Waals surface area contributed by atoms with Crippen molar-refractivity contribution in [2.75, 3.05) is 5.75 Å². The first-order chi connectivity index (χ1) is 17.8. The van der Waals surface area contributed by atoms with Gasteiger partial charge in [-0.25, -0.2) is 8.42 Å². The van der Waals surface area contributed by atoms with Crippen LogP contribution >= 0.6 is 23.2 Å². The number of carbonyl (C=O) groups is 2. The van der Waals surface area contributed by atoms with Crippen LogP contribution in [0, 0.1) is 11.3 Å². The predicted octanol–water partition coefficient (Wildman–Crippen LogP) is 6.52. The van der Waals surface area contributed by atoms with Crippen molar-refractivity contribution >= 4 is 44.9 Å². The Morgan fingerprint density at radius 1 is 1.08 bits per heavy atom. The Labute approximate surface area is 235 Å². The van der Waals surface area contributed by atoms with Crippen LogP contribution in [0.5, 0.6) is 0 Å². The van der Waals surface area contributed by atoms with Gasteiger partial charge in [-0.3, -0.25) is 9.59 Å². The van der Waals surface area contributed by atoms with Gasteiger partial charge in [0.25, 0.3) is 0 Å². The molecule has 2 fully saturated rings. The Morgan fingerprint density at radius 2 is 1.74 bits per heavy atom. The molecule has 1 aliphatic carbocycles. The van der Waals surface area contributed by atoms with Crippen molar-refractivity contribution in [2.45, 2.75) is 76.1 Å². The van der Waals surface area contributed by atoms with Gasteiger partial charge in [0.1, 0.15) is 0 Å². The molecule has 1 heterocycles. The molecule has 38 heavy (non-hydrogen) atoms. The second-order valence-electron chi connectivity index (χ2n) is 11.3. The van der Waals surface area contributed by atoms with Crippen molar-refractivity contribution in [1.82, 2.24) is 4.90 Å². The summed E-state index contributed by atoms with van der Waals surface area (Å²) in [6.45, 7) is 5.01. The number of amides is 1. The van der Waals surface area contributed by atoms with E-state index in [1.54, 1.807) is 43.9 Å². The maximum absolute atomic E-state index is 14.4. The highest BCUT2D eigenvalue weighted by Crippen LogP contribution is 2.53. The van der Waals surface area contributed by atoms with Crippen LogP contribution in [0.25, 0.3) is 0 Å². The van der Waals surface area contributed by atoms with E-state index < -0.39 is 38.6 Å². The number of sulfone groups is 1. The van der Waals surface area contributed by atoms with Crippen LogP contribution in [0.15, 0.2) is 48.5 Å². The molecule has 0 radical (unpaired) electrons. The number of halogens is 2. The lowest BCUT2D eigenvalue weighted by Gasteiger charge is -2.54. The first kappa shape index (κ1) is 28.9. The Bertz CT molecular complexity index is 1290. The van der Waals surface area contributed by atoms with Gasteiger partial charge in [0.2, 0.25) is 5.91 Å². The molecule has 2 aromatic rings. The number of benzene rings is 2. The zero-order chi connectivity index (χ0) is 27.8. The summed E-state index contributed by atoms with van der Waals surface area (Å²) >= 11 is 12.6. The molecule has 1 amide bonds. The van der Waals surface area contributed by atoms with Gasteiger partial charge in [0.15, 0.2) is 9.84 Å². The number of piperidine rings is 1. The third kappa shape index (κ3) is 5.90. The molecule has 0 aromatic heterocycles. The van der Waals surface area contributed by atoms with Gasteiger partial charge in [-0.15, -0.1) is 0 Å². The fourth-order valence-electron chi connectivity index (χ4n) is 5.94. The van der Waals surface area contributed by atoms with E-state index in [1.807, 2.05) is 30.3 Å². The molecule has 1 N–H and O–H groups in total. The summed E-state index contributed by atoms with van der Waals surface area (Å²) in [5.41, 5.74) is 0.493. The van der Waals surface area contributed by atoms with Crippen LogP contribution in [0.4, 0.5) is 0 Å². The third-order valence-electron chi connectivity index (χ3n) is 8.30. The Morgan fingerprint density at radius 3 is 2.26 bits per heavy atom. The molecule has 0 spiro atoms. The normalized spacial score (nSPS) is 25.3. The minimum absolute atomic E-state index is 0.0227. The molecule has 1 saturated carbocycles. The van der Waals surface area contributed by atoms with Crippen molar-refractivity contribution in [3.8, 4) is 0 Å². The van der Waals surface area contributed by atoms with Gasteiger partial charge in [0, 0.05) is 22.0 Å².